The van der Waals surface area contributed by atoms with Gasteiger partial charge in [0.1, 0.15) is 4.90 Å². The Bertz CT molecular complexity index is 1150. The number of aromatic carboxylic acids is 1. The normalized spacial score (nSPS) is 14.1. The number of rotatable bonds is 5. The minimum absolute atomic E-state index is 0.114. The summed E-state index contributed by atoms with van der Waals surface area (Å²) in [4.78, 5) is 10.7. The molecule has 144 valence electrons. The lowest BCUT2D eigenvalue weighted by atomic mass is 10.1. The molecule has 0 atom stereocenters. The van der Waals surface area contributed by atoms with Crippen molar-refractivity contribution in [1.29, 1.82) is 0 Å². The second-order valence-electron chi connectivity index (χ2n) is 5.98. The number of hydrogen-bond acceptors (Lipinski definition) is 5. The van der Waals surface area contributed by atoms with E-state index in [0.29, 0.717) is 17.7 Å². The van der Waals surface area contributed by atoms with Gasteiger partial charge in [-0.3, -0.25) is 9.03 Å². The van der Waals surface area contributed by atoms with Crippen LogP contribution in [0.4, 0.5) is 11.4 Å². The topological polar surface area (TPSA) is 121 Å². The van der Waals surface area contributed by atoms with E-state index in [4.69, 9.17) is 16.7 Å². The zero-order valence-electron chi connectivity index (χ0n) is 14.0. The van der Waals surface area contributed by atoms with Crippen molar-refractivity contribution in [2.45, 2.75) is 11.3 Å². The molecule has 8 nitrogen and oxygen atoms in total. The smallest absolute Gasteiger partial charge is 0.335 e. The number of fused-ring (bicyclic) bond motifs is 1. The molecule has 0 unspecified atom stereocenters. The molecule has 27 heavy (non-hydrogen) atoms. The standard InChI is InChI=1S/C16H15ClN2O6S2/c1-26(22,23)19-7-6-10-8-12(3-5-14(10)19)18-27(24,25)15-9-11(16(20)21)2-4-13(15)17/h2-5,8-9,18H,6-7H2,1H3,(H,20,21). The highest BCUT2D eigenvalue weighted by Crippen LogP contribution is 2.33. The molecule has 2 aromatic carbocycles. The molecule has 2 N–H and O–H groups in total. The highest BCUT2D eigenvalue weighted by molar-refractivity contribution is 7.93. The number of halogens is 1. The van der Waals surface area contributed by atoms with E-state index in [-0.39, 0.29) is 27.7 Å². The van der Waals surface area contributed by atoms with Crippen molar-refractivity contribution in [3.8, 4) is 0 Å². The Morgan fingerprint density at radius 1 is 1.15 bits per heavy atom. The van der Waals surface area contributed by atoms with E-state index in [9.17, 15) is 21.6 Å². The Balaban J connectivity index is 1.94. The first-order valence-electron chi connectivity index (χ1n) is 7.65. The monoisotopic (exact) mass is 430 g/mol. The molecular weight excluding hydrogens is 416 g/mol. The predicted octanol–water partition coefficient (Wildman–Crippen LogP) is 2.16. The van der Waals surface area contributed by atoms with Crippen LogP contribution >= 0.6 is 11.6 Å². The van der Waals surface area contributed by atoms with Gasteiger partial charge in [0.25, 0.3) is 10.0 Å². The van der Waals surface area contributed by atoms with Gasteiger partial charge in [0.2, 0.25) is 10.0 Å². The Labute approximate surface area is 161 Å². The lowest BCUT2D eigenvalue weighted by Gasteiger charge is -2.17. The number of benzene rings is 2. The maximum atomic E-state index is 12.6. The Morgan fingerprint density at radius 3 is 2.48 bits per heavy atom. The van der Waals surface area contributed by atoms with Crippen LogP contribution in [-0.4, -0.2) is 40.7 Å². The van der Waals surface area contributed by atoms with Crippen LogP contribution in [0.1, 0.15) is 15.9 Å². The Hall–Kier alpha value is -2.30. The summed E-state index contributed by atoms with van der Waals surface area (Å²) in [6, 6.07) is 7.90. The highest BCUT2D eigenvalue weighted by Gasteiger charge is 2.27. The second kappa shape index (κ2) is 6.70. The number of anilines is 2. The Morgan fingerprint density at radius 2 is 1.85 bits per heavy atom. The zero-order valence-corrected chi connectivity index (χ0v) is 16.4. The minimum Gasteiger partial charge on any atom is -0.478 e. The van der Waals surface area contributed by atoms with Crippen LogP contribution in [0.25, 0.3) is 0 Å². The molecule has 0 aliphatic carbocycles. The van der Waals surface area contributed by atoms with Crippen molar-refractivity contribution in [2.24, 2.45) is 0 Å². The quantitative estimate of drug-likeness (QED) is 0.749. The van der Waals surface area contributed by atoms with Crippen LogP contribution < -0.4 is 9.03 Å². The molecule has 0 saturated heterocycles. The molecule has 0 spiro atoms. The van der Waals surface area contributed by atoms with Crippen LogP contribution in [0.2, 0.25) is 5.02 Å². The van der Waals surface area contributed by atoms with Gasteiger partial charge in [-0.2, -0.15) is 0 Å². The van der Waals surface area contributed by atoms with E-state index >= 15 is 0 Å². The third-order valence-corrected chi connectivity index (χ3v) is 7.10. The van der Waals surface area contributed by atoms with E-state index < -0.39 is 26.0 Å². The van der Waals surface area contributed by atoms with Crippen molar-refractivity contribution in [3.63, 3.8) is 0 Å². The predicted molar refractivity (Wildman–Crippen MR) is 102 cm³/mol. The summed E-state index contributed by atoms with van der Waals surface area (Å²) in [5, 5.41) is 8.93. The molecule has 0 saturated carbocycles. The number of carboxylic acid groups (broad SMARTS) is 1. The van der Waals surface area contributed by atoms with Crippen molar-refractivity contribution in [2.75, 3.05) is 21.8 Å². The average Bonchev–Trinajstić information content (AvgIpc) is 2.97. The van der Waals surface area contributed by atoms with E-state index in [0.717, 1.165) is 12.3 Å². The number of sulfonamides is 2. The fourth-order valence-corrected chi connectivity index (χ4v) is 5.37. The average molecular weight is 431 g/mol. The van der Waals surface area contributed by atoms with Crippen LogP contribution in [0, 0.1) is 0 Å². The summed E-state index contributed by atoms with van der Waals surface area (Å²) >= 11 is 5.93. The van der Waals surface area contributed by atoms with Crippen LogP contribution in [0.5, 0.6) is 0 Å². The zero-order chi connectivity index (χ0) is 20.0. The number of nitrogens with zero attached hydrogens (tertiary/aromatic N) is 1. The highest BCUT2D eigenvalue weighted by atomic mass is 35.5. The first kappa shape index (κ1) is 19.5. The molecule has 0 fully saturated rings. The maximum absolute atomic E-state index is 12.6. The van der Waals surface area contributed by atoms with Crippen LogP contribution in [0.15, 0.2) is 41.3 Å². The van der Waals surface area contributed by atoms with Crippen molar-refractivity contribution >= 4 is 49.0 Å². The van der Waals surface area contributed by atoms with Gasteiger partial charge in [0.15, 0.2) is 0 Å². The lowest BCUT2D eigenvalue weighted by molar-refractivity contribution is 0.0696. The second-order valence-corrected chi connectivity index (χ2v) is 9.95. The lowest BCUT2D eigenvalue weighted by Crippen LogP contribution is -2.27. The molecular formula is C16H15ClN2O6S2. The minimum atomic E-state index is -4.14. The van der Waals surface area contributed by atoms with Crippen molar-refractivity contribution in [3.05, 3.63) is 52.5 Å². The molecule has 1 aliphatic heterocycles. The maximum Gasteiger partial charge on any atom is 0.335 e. The molecule has 3 rings (SSSR count). The summed E-state index contributed by atoms with van der Waals surface area (Å²) in [7, 11) is -7.54. The van der Waals surface area contributed by atoms with Gasteiger partial charge in [-0.05, 0) is 48.4 Å². The van der Waals surface area contributed by atoms with Gasteiger partial charge >= 0.3 is 5.97 Å². The van der Waals surface area contributed by atoms with E-state index in [2.05, 4.69) is 4.72 Å². The first-order valence-corrected chi connectivity index (χ1v) is 11.4. The molecule has 2 aromatic rings. The van der Waals surface area contributed by atoms with Gasteiger partial charge in [-0.15, -0.1) is 0 Å². The largest absolute Gasteiger partial charge is 0.478 e. The number of nitrogens with one attached hydrogen (secondary N) is 1. The van der Waals surface area contributed by atoms with Gasteiger partial charge in [0, 0.05) is 12.2 Å². The van der Waals surface area contributed by atoms with E-state index in [1.54, 1.807) is 6.07 Å². The van der Waals surface area contributed by atoms with Crippen molar-refractivity contribution < 1.29 is 26.7 Å². The first-order chi connectivity index (χ1) is 12.5. The molecule has 0 radical (unpaired) electrons. The van der Waals surface area contributed by atoms with E-state index in [1.807, 2.05) is 0 Å². The molecule has 1 heterocycles. The fourth-order valence-electron chi connectivity index (χ4n) is 2.83. The summed E-state index contributed by atoms with van der Waals surface area (Å²) in [6.07, 6.45) is 1.56. The Kier molecular flexibility index (Phi) is 4.83. The molecule has 1 aliphatic rings. The molecule has 11 heteroatoms. The summed E-state index contributed by atoms with van der Waals surface area (Å²) in [6.45, 7) is 0.289. The van der Waals surface area contributed by atoms with Gasteiger partial charge < -0.3 is 5.11 Å². The van der Waals surface area contributed by atoms with Gasteiger partial charge in [-0.25, -0.2) is 21.6 Å². The number of carbonyl (C=O) groups is 1. The van der Waals surface area contributed by atoms with Gasteiger partial charge in [-0.1, -0.05) is 11.6 Å². The van der Waals surface area contributed by atoms with Crippen LogP contribution in [-0.2, 0) is 26.5 Å². The summed E-state index contributed by atoms with van der Waals surface area (Å²) in [5.74, 6) is -1.28. The third-order valence-electron chi connectivity index (χ3n) is 4.05. The van der Waals surface area contributed by atoms with E-state index in [1.165, 1.54) is 28.6 Å². The molecule has 0 aromatic heterocycles. The number of carboxylic acids is 1. The van der Waals surface area contributed by atoms with Gasteiger partial charge in [0.05, 0.1) is 22.5 Å². The SMILES string of the molecule is CS(=O)(=O)N1CCc2cc(NS(=O)(=O)c3cc(C(=O)O)ccc3Cl)ccc21. The summed E-state index contributed by atoms with van der Waals surface area (Å²) < 4.78 is 52.4. The summed E-state index contributed by atoms with van der Waals surface area (Å²) in [5.41, 5.74) is 1.20. The number of hydrogen-bond donors (Lipinski definition) is 2. The third kappa shape index (κ3) is 3.87. The van der Waals surface area contributed by atoms with Crippen LogP contribution in [0.3, 0.4) is 0 Å². The van der Waals surface area contributed by atoms with Crippen molar-refractivity contribution in [1.82, 2.24) is 0 Å². The molecule has 0 amide bonds. The fraction of sp³-hybridized carbons (Fsp3) is 0.188. The molecule has 0 bridgehead atoms.